The number of amides is 3. The third kappa shape index (κ3) is 5.50. The van der Waals surface area contributed by atoms with Crippen LogP contribution in [0.4, 0.5) is 10.5 Å². The minimum Gasteiger partial charge on any atom is -0.457 e. The number of anilines is 1. The van der Waals surface area contributed by atoms with Crippen LogP contribution in [0.15, 0.2) is 54.6 Å². The molecule has 1 aliphatic heterocycles. The first-order valence-corrected chi connectivity index (χ1v) is 10.3. The first-order chi connectivity index (χ1) is 14.1. The highest BCUT2D eigenvalue weighted by Gasteiger charge is 2.30. The van der Waals surface area contributed by atoms with E-state index in [0.717, 1.165) is 18.6 Å². The van der Waals surface area contributed by atoms with E-state index in [9.17, 15) is 9.59 Å². The topological polar surface area (TPSA) is 61.9 Å². The van der Waals surface area contributed by atoms with Gasteiger partial charge < -0.3 is 19.9 Å². The summed E-state index contributed by atoms with van der Waals surface area (Å²) in [4.78, 5) is 28.9. The van der Waals surface area contributed by atoms with Crippen LogP contribution in [-0.2, 0) is 4.79 Å². The van der Waals surface area contributed by atoms with Gasteiger partial charge in [0.1, 0.15) is 11.5 Å². The van der Waals surface area contributed by atoms with Crippen LogP contribution < -0.4 is 10.1 Å². The van der Waals surface area contributed by atoms with Crippen molar-refractivity contribution in [2.45, 2.75) is 26.7 Å². The number of nitrogens with zero attached hydrogens (tertiary/aromatic N) is 2. The van der Waals surface area contributed by atoms with E-state index in [1.165, 1.54) is 0 Å². The fourth-order valence-corrected chi connectivity index (χ4v) is 3.59. The van der Waals surface area contributed by atoms with Crippen molar-refractivity contribution in [1.82, 2.24) is 9.80 Å². The zero-order valence-electron chi connectivity index (χ0n) is 17.1. The third-order valence-electron chi connectivity index (χ3n) is 5.22. The third-order valence-corrected chi connectivity index (χ3v) is 5.22. The average molecular weight is 396 g/mol. The summed E-state index contributed by atoms with van der Waals surface area (Å²) in [5.41, 5.74) is 0.701. The van der Waals surface area contributed by atoms with Crippen molar-refractivity contribution in [3.05, 3.63) is 54.6 Å². The van der Waals surface area contributed by atoms with Crippen LogP contribution in [0.3, 0.4) is 0 Å². The Hall–Kier alpha value is -3.02. The monoisotopic (exact) mass is 395 g/mol. The number of hydrogen-bond acceptors (Lipinski definition) is 3. The molecule has 3 rings (SSSR count). The minimum absolute atomic E-state index is 0.115. The highest BCUT2D eigenvalue weighted by Crippen LogP contribution is 2.24. The van der Waals surface area contributed by atoms with E-state index >= 15 is 0 Å². The maximum atomic E-state index is 12.7. The van der Waals surface area contributed by atoms with Gasteiger partial charge in [0.25, 0.3) is 0 Å². The minimum atomic E-state index is -0.168. The van der Waals surface area contributed by atoms with Gasteiger partial charge in [-0.1, -0.05) is 18.2 Å². The number of para-hydroxylation sites is 1. The molecule has 1 heterocycles. The first kappa shape index (κ1) is 20.7. The molecule has 0 spiro atoms. The van der Waals surface area contributed by atoms with Gasteiger partial charge in [-0.2, -0.15) is 0 Å². The van der Waals surface area contributed by atoms with Crippen LogP contribution in [0.5, 0.6) is 11.5 Å². The molecule has 29 heavy (non-hydrogen) atoms. The smallest absolute Gasteiger partial charge is 0.321 e. The Kier molecular flexibility index (Phi) is 7.11. The van der Waals surface area contributed by atoms with E-state index in [1.807, 2.05) is 73.3 Å². The molecule has 154 valence electrons. The molecule has 1 N–H and O–H groups in total. The molecule has 0 aliphatic carbocycles. The van der Waals surface area contributed by atoms with E-state index in [4.69, 9.17) is 4.74 Å². The second-order valence-corrected chi connectivity index (χ2v) is 7.17. The van der Waals surface area contributed by atoms with Gasteiger partial charge >= 0.3 is 6.03 Å². The maximum Gasteiger partial charge on any atom is 0.321 e. The molecule has 2 aromatic rings. The molecule has 1 aliphatic rings. The molecular formula is C23H29N3O3. The van der Waals surface area contributed by atoms with Gasteiger partial charge in [0.05, 0.1) is 5.92 Å². The fraction of sp³-hybridized carbons (Fsp3) is 0.391. The van der Waals surface area contributed by atoms with Gasteiger partial charge in [0.15, 0.2) is 0 Å². The summed E-state index contributed by atoms with van der Waals surface area (Å²) in [5.74, 6) is 1.50. The number of hydrogen-bond donors (Lipinski definition) is 1. The van der Waals surface area contributed by atoms with Gasteiger partial charge in [-0.15, -0.1) is 0 Å². The number of ether oxygens (including phenoxy) is 1. The summed E-state index contributed by atoms with van der Waals surface area (Å²) in [6.45, 7) is 6.52. The lowest BCUT2D eigenvalue weighted by Crippen LogP contribution is -2.47. The van der Waals surface area contributed by atoms with Gasteiger partial charge in [0.2, 0.25) is 5.91 Å². The van der Waals surface area contributed by atoms with Crippen molar-refractivity contribution in [2.24, 2.45) is 5.92 Å². The maximum absolute atomic E-state index is 12.7. The summed E-state index contributed by atoms with van der Waals surface area (Å²) < 4.78 is 5.77. The molecule has 1 saturated heterocycles. The predicted octanol–water partition coefficient (Wildman–Crippen LogP) is 4.59. The van der Waals surface area contributed by atoms with E-state index in [0.29, 0.717) is 37.6 Å². The second kappa shape index (κ2) is 9.96. The molecule has 0 radical (unpaired) electrons. The lowest BCUT2D eigenvalue weighted by Gasteiger charge is -2.34. The molecule has 6 heteroatoms. The SMILES string of the molecule is CCN(CC)C(=O)C1CCCN(C(=O)Nc2ccc(Oc3ccccc3)cc2)C1. The van der Waals surface area contributed by atoms with Gasteiger partial charge in [-0.25, -0.2) is 4.79 Å². The molecule has 1 fully saturated rings. The van der Waals surface area contributed by atoms with Crippen molar-refractivity contribution in [3.8, 4) is 11.5 Å². The fourth-order valence-electron chi connectivity index (χ4n) is 3.59. The number of carbonyl (C=O) groups is 2. The number of rotatable bonds is 6. The molecule has 1 unspecified atom stereocenters. The lowest BCUT2D eigenvalue weighted by atomic mass is 9.96. The van der Waals surface area contributed by atoms with Crippen molar-refractivity contribution < 1.29 is 14.3 Å². The highest BCUT2D eigenvalue weighted by atomic mass is 16.5. The number of likely N-dealkylation sites (tertiary alicyclic amines) is 1. The molecule has 0 aromatic heterocycles. The van der Waals surface area contributed by atoms with E-state index < -0.39 is 0 Å². The molecule has 2 aromatic carbocycles. The Morgan fingerprint density at radius 1 is 1.03 bits per heavy atom. The summed E-state index contributed by atoms with van der Waals surface area (Å²) in [7, 11) is 0. The quantitative estimate of drug-likeness (QED) is 0.778. The molecule has 6 nitrogen and oxygen atoms in total. The van der Waals surface area contributed by atoms with Crippen molar-refractivity contribution in [1.29, 1.82) is 0 Å². The Balaban J connectivity index is 1.56. The average Bonchev–Trinajstić information content (AvgIpc) is 2.76. The van der Waals surface area contributed by atoms with E-state index in [2.05, 4.69) is 5.32 Å². The Morgan fingerprint density at radius 3 is 2.34 bits per heavy atom. The van der Waals surface area contributed by atoms with Crippen molar-refractivity contribution in [2.75, 3.05) is 31.5 Å². The molecule has 1 atom stereocenters. The second-order valence-electron chi connectivity index (χ2n) is 7.17. The first-order valence-electron chi connectivity index (χ1n) is 10.3. The Labute approximate surface area is 172 Å². The Morgan fingerprint density at radius 2 is 1.69 bits per heavy atom. The number of urea groups is 1. The molecule has 0 bridgehead atoms. The van der Waals surface area contributed by atoms with Crippen LogP contribution in [0.2, 0.25) is 0 Å². The zero-order chi connectivity index (χ0) is 20.6. The largest absolute Gasteiger partial charge is 0.457 e. The number of benzene rings is 2. The van der Waals surface area contributed by atoms with Gasteiger partial charge in [-0.3, -0.25) is 4.79 Å². The van der Waals surface area contributed by atoms with E-state index in [1.54, 1.807) is 4.90 Å². The van der Waals surface area contributed by atoms with E-state index in [-0.39, 0.29) is 17.9 Å². The van der Waals surface area contributed by atoms with Crippen LogP contribution in [-0.4, -0.2) is 47.9 Å². The van der Waals surface area contributed by atoms with Crippen LogP contribution >= 0.6 is 0 Å². The molecule has 0 saturated carbocycles. The predicted molar refractivity (Wildman–Crippen MR) is 114 cm³/mol. The zero-order valence-corrected chi connectivity index (χ0v) is 17.1. The van der Waals surface area contributed by atoms with Crippen LogP contribution in [0.1, 0.15) is 26.7 Å². The van der Waals surface area contributed by atoms with Crippen molar-refractivity contribution >= 4 is 17.6 Å². The Bertz CT molecular complexity index is 804. The summed E-state index contributed by atoms with van der Waals surface area (Å²) >= 11 is 0. The van der Waals surface area contributed by atoms with Crippen LogP contribution in [0, 0.1) is 5.92 Å². The normalized spacial score (nSPS) is 16.2. The lowest BCUT2D eigenvalue weighted by molar-refractivity contribution is -0.136. The number of piperidine rings is 1. The van der Waals surface area contributed by atoms with Crippen molar-refractivity contribution in [3.63, 3.8) is 0 Å². The summed E-state index contributed by atoms with van der Waals surface area (Å²) in [6, 6.07) is 16.7. The molecule has 3 amide bonds. The number of carbonyl (C=O) groups excluding carboxylic acids is 2. The van der Waals surface area contributed by atoms with Crippen LogP contribution in [0.25, 0.3) is 0 Å². The highest BCUT2D eigenvalue weighted by molar-refractivity contribution is 5.90. The molecular weight excluding hydrogens is 366 g/mol. The van der Waals surface area contributed by atoms with Gasteiger partial charge in [0, 0.05) is 31.9 Å². The summed E-state index contributed by atoms with van der Waals surface area (Å²) in [6.07, 6.45) is 1.68. The van der Waals surface area contributed by atoms with Gasteiger partial charge in [-0.05, 0) is 63.1 Å². The summed E-state index contributed by atoms with van der Waals surface area (Å²) in [5, 5.41) is 2.93. The standard InChI is InChI=1S/C23H29N3O3/c1-3-25(4-2)22(27)18-9-8-16-26(17-18)23(28)24-19-12-14-21(15-13-19)29-20-10-6-5-7-11-20/h5-7,10-15,18H,3-4,8-9,16-17H2,1-2H3,(H,24,28). The number of nitrogens with one attached hydrogen (secondary N) is 1.